The molecule has 0 saturated carbocycles. The van der Waals surface area contributed by atoms with Crippen LogP contribution in [0.2, 0.25) is 0 Å². The van der Waals surface area contributed by atoms with Gasteiger partial charge in [0.05, 0.1) is 32.1 Å². The molecule has 1 N–H and O–H groups in total. The first kappa shape index (κ1) is 22.9. The second-order valence-corrected chi connectivity index (χ2v) is 8.95. The third-order valence-electron chi connectivity index (χ3n) is 5.48. The average Bonchev–Trinajstić information content (AvgIpc) is 3.46. The highest BCUT2D eigenvalue weighted by Crippen LogP contribution is 2.43. The van der Waals surface area contributed by atoms with Crippen molar-refractivity contribution in [3.05, 3.63) is 40.1 Å². The molecular formula is C23H30N2O5S. The van der Waals surface area contributed by atoms with Gasteiger partial charge < -0.3 is 24.4 Å². The molecule has 0 unspecified atom stereocenters. The van der Waals surface area contributed by atoms with Crippen LogP contribution in [0.15, 0.2) is 29.6 Å². The molecule has 168 valence electrons. The highest BCUT2D eigenvalue weighted by molar-refractivity contribution is 7.12. The second kappa shape index (κ2) is 10.0. The zero-order valence-corrected chi connectivity index (χ0v) is 19.5. The van der Waals surface area contributed by atoms with E-state index in [1.807, 2.05) is 29.6 Å². The molecule has 1 fully saturated rings. The lowest BCUT2D eigenvalue weighted by Gasteiger charge is -2.21. The van der Waals surface area contributed by atoms with Crippen molar-refractivity contribution in [3.63, 3.8) is 0 Å². The van der Waals surface area contributed by atoms with E-state index in [9.17, 15) is 9.59 Å². The zero-order valence-electron chi connectivity index (χ0n) is 18.6. The van der Waals surface area contributed by atoms with Crippen LogP contribution < -0.4 is 19.5 Å². The van der Waals surface area contributed by atoms with Gasteiger partial charge >= 0.3 is 0 Å². The summed E-state index contributed by atoms with van der Waals surface area (Å²) in [6.07, 6.45) is 0. The summed E-state index contributed by atoms with van der Waals surface area (Å²) < 4.78 is 16.4. The number of methoxy groups -OCH3 is 3. The Morgan fingerprint density at radius 1 is 1.13 bits per heavy atom. The highest BCUT2D eigenvalue weighted by atomic mass is 32.1. The minimum absolute atomic E-state index is 0.0473. The molecule has 0 aliphatic carbocycles. The quantitative estimate of drug-likeness (QED) is 0.673. The van der Waals surface area contributed by atoms with Crippen LogP contribution >= 0.6 is 11.3 Å². The van der Waals surface area contributed by atoms with Gasteiger partial charge in [0, 0.05) is 25.6 Å². The maximum absolute atomic E-state index is 13.1. The standard InChI is InChI=1S/C23H30N2O5S/c1-14(2)11-24-22(26)17-13-25(23(27)20-7-6-8-31-20)12-16(17)15-9-18(28-3)21(30-5)19(10-15)29-4/h6-10,14,16-17H,11-13H2,1-5H3,(H,24,26)/t16-,17-/m1/s1. The van der Waals surface area contributed by atoms with Crippen LogP contribution in [0, 0.1) is 11.8 Å². The summed E-state index contributed by atoms with van der Waals surface area (Å²) in [5.41, 5.74) is 0.876. The molecule has 7 nitrogen and oxygen atoms in total. The summed E-state index contributed by atoms with van der Waals surface area (Å²) in [4.78, 5) is 28.5. The van der Waals surface area contributed by atoms with E-state index in [1.54, 1.807) is 26.2 Å². The first-order chi connectivity index (χ1) is 14.9. The lowest BCUT2D eigenvalue weighted by atomic mass is 9.87. The number of nitrogens with zero attached hydrogens (tertiary/aromatic N) is 1. The molecule has 1 aromatic carbocycles. The van der Waals surface area contributed by atoms with Crippen molar-refractivity contribution < 1.29 is 23.8 Å². The number of hydrogen-bond donors (Lipinski definition) is 1. The molecule has 1 aliphatic heterocycles. The molecular weight excluding hydrogens is 416 g/mol. The van der Waals surface area contributed by atoms with Gasteiger partial charge in [-0.05, 0) is 35.1 Å². The van der Waals surface area contributed by atoms with E-state index >= 15 is 0 Å². The Morgan fingerprint density at radius 2 is 1.81 bits per heavy atom. The Kier molecular flexibility index (Phi) is 7.43. The predicted octanol–water partition coefficient (Wildman–Crippen LogP) is 3.40. The monoisotopic (exact) mass is 446 g/mol. The Balaban J connectivity index is 1.96. The number of benzene rings is 1. The molecule has 3 rings (SSSR count). The third kappa shape index (κ3) is 4.95. The number of amides is 2. The zero-order chi connectivity index (χ0) is 22.5. The van der Waals surface area contributed by atoms with Crippen molar-refractivity contribution >= 4 is 23.2 Å². The second-order valence-electron chi connectivity index (χ2n) is 8.00. The summed E-state index contributed by atoms with van der Waals surface area (Å²) in [5.74, 6) is 1.24. The van der Waals surface area contributed by atoms with Gasteiger partial charge in [0.1, 0.15) is 0 Å². The number of carbonyl (C=O) groups is 2. The van der Waals surface area contributed by atoms with Crippen molar-refractivity contribution in [2.24, 2.45) is 11.8 Å². The Labute approximate surface area is 187 Å². The van der Waals surface area contributed by atoms with Crippen LogP contribution in [-0.4, -0.2) is 57.7 Å². The van der Waals surface area contributed by atoms with Crippen LogP contribution in [0.3, 0.4) is 0 Å². The van der Waals surface area contributed by atoms with Crippen LogP contribution in [0.4, 0.5) is 0 Å². The molecule has 0 spiro atoms. The van der Waals surface area contributed by atoms with E-state index in [2.05, 4.69) is 19.2 Å². The van der Waals surface area contributed by atoms with Gasteiger partial charge in [-0.25, -0.2) is 0 Å². The SMILES string of the molecule is COc1cc([C@H]2CN(C(=O)c3cccs3)C[C@H]2C(=O)NCC(C)C)cc(OC)c1OC. The van der Waals surface area contributed by atoms with Crippen molar-refractivity contribution in [1.29, 1.82) is 0 Å². The Morgan fingerprint density at radius 3 is 2.32 bits per heavy atom. The molecule has 2 amide bonds. The normalized spacial score (nSPS) is 18.2. The van der Waals surface area contributed by atoms with Crippen LogP contribution in [0.5, 0.6) is 17.2 Å². The number of ether oxygens (including phenoxy) is 3. The highest BCUT2D eigenvalue weighted by Gasteiger charge is 2.41. The fourth-order valence-electron chi connectivity index (χ4n) is 3.88. The first-order valence-electron chi connectivity index (χ1n) is 10.3. The lowest BCUT2D eigenvalue weighted by molar-refractivity contribution is -0.125. The van der Waals surface area contributed by atoms with Gasteiger partial charge in [-0.3, -0.25) is 9.59 Å². The predicted molar refractivity (Wildman–Crippen MR) is 120 cm³/mol. The van der Waals surface area contributed by atoms with Crippen molar-refractivity contribution in [1.82, 2.24) is 10.2 Å². The molecule has 1 aliphatic rings. The fourth-order valence-corrected chi connectivity index (χ4v) is 4.57. The molecule has 1 aromatic heterocycles. The van der Waals surface area contributed by atoms with Crippen molar-refractivity contribution in [2.45, 2.75) is 19.8 Å². The number of thiophene rings is 1. The van der Waals surface area contributed by atoms with E-state index in [-0.39, 0.29) is 23.7 Å². The number of rotatable bonds is 8. The topological polar surface area (TPSA) is 77.1 Å². The Bertz CT molecular complexity index is 888. The first-order valence-corrected chi connectivity index (χ1v) is 11.2. The van der Waals surface area contributed by atoms with Gasteiger partial charge in [0.15, 0.2) is 11.5 Å². The largest absolute Gasteiger partial charge is 0.493 e. The number of carbonyl (C=O) groups excluding carboxylic acids is 2. The van der Waals surface area contributed by atoms with Gasteiger partial charge in [-0.2, -0.15) is 0 Å². The molecule has 2 atom stereocenters. The summed E-state index contributed by atoms with van der Waals surface area (Å²) in [5, 5.41) is 4.92. The third-order valence-corrected chi connectivity index (χ3v) is 6.33. The summed E-state index contributed by atoms with van der Waals surface area (Å²) in [6.45, 7) is 5.50. The molecule has 2 heterocycles. The summed E-state index contributed by atoms with van der Waals surface area (Å²) >= 11 is 1.41. The van der Waals surface area contributed by atoms with Gasteiger partial charge in [0.25, 0.3) is 5.91 Å². The molecule has 8 heteroatoms. The molecule has 0 radical (unpaired) electrons. The fraction of sp³-hybridized carbons (Fsp3) is 0.478. The average molecular weight is 447 g/mol. The summed E-state index contributed by atoms with van der Waals surface area (Å²) in [7, 11) is 4.68. The lowest BCUT2D eigenvalue weighted by Crippen LogP contribution is -2.37. The van der Waals surface area contributed by atoms with E-state index in [1.165, 1.54) is 11.3 Å². The van der Waals surface area contributed by atoms with Gasteiger partial charge in [-0.15, -0.1) is 11.3 Å². The minimum atomic E-state index is -0.370. The van der Waals surface area contributed by atoms with Gasteiger partial charge in [-0.1, -0.05) is 19.9 Å². The maximum atomic E-state index is 13.1. The number of nitrogens with one attached hydrogen (secondary N) is 1. The minimum Gasteiger partial charge on any atom is -0.493 e. The van der Waals surface area contributed by atoms with E-state index in [0.717, 1.165) is 5.56 Å². The molecule has 2 aromatic rings. The smallest absolute Gasteiger partial charge is 0.263 e. The van der Waals surface area contributed by atoms with Crippen molar-refractivity contribution in [2.75, 3.05) is 41.0 Å². The summed E-state index contributed by atoms with van der Waals surface area (Å²) in [6, 6.07) is 7.41. The molecule has 0 bridgehead atoms. The van der Waals surface area contributed by atoms with Crippen molar-refractivity contribution in [3.8, 4) is 17.2 Å². The van der Waals surface area contributed by atoms with Crippen LogP contribution in [0.1, 0.15) is 35.0 Å². The maximum Gasteiger partial charge on any atom is 0.263 e. The van der Waals surface area contributed by atoms with E-state index < -0.39 is 0 Å². The van der Waals surface area contributed by atoms with Crippen LogP contribution in [0.25, 0.3) is 0 Å². The number of hydrogen-bond acceptors (Lipinski definition) is 6. The van der Waals surface area contributed by atoms with E-state index in [0.29, 0.717) is 47.7 Å². The molecule has 31 heavy (non-hydrogen) atoms. The van der Waals surface area contributed by atoms with Crippen LogP contribution in [-0.2, 0) is 4.79 Å². The number of likely N-dealkylation sites (tertiary alicyclic amines) is 1. The molecule has 1 saturated heterocycles. The Hall–Kier alpha value is -2.74. The van der Waals surface area contributed by atoms with Gasteiger partial charge in [0.2, 0.25) is 11.7 Å². The van der Waals surface area contributed by atoms with E-state index in [4.69, 9.17) is 14.2 Å².